The van der Waals surface area contributed by atoms with Crippen LogP contribution in [0.5, 0.6) is 5.75 Å². The summed E-state index contributed by atoms with van der Waals surface area (Å²) < 4.78 is 5.65. The maximum atomic E-state index is 12.4. The summed E-state index contributed by atoms with van der Waals surface area (Å²) in [6, 6.07) is 7.46. The number of benzene rings is 1. The Hall–Kier alpha value is -1.85. The maximum Gasteiger partial charge on any atom is 0.255 e. The second-order valence-electron chi connectivity index (χ2n) is 6.37. The average molecular weight is 332 g/mol. The van der Waals surface area contributed by atoms with Gasteiger partial charge in [-0.25, -0.2) is 0 Å². The third-order valence-electron chi connectivity index (χ3n) is 4.25. The second kappa shape index (κ2) is 9.45. The summed E-state index contributed by atoms with van der Waals surface area (Å²) in [7, 11) is 0. The monoisotopic (exact) mass is 332 g/mol. The predicted molar refractivity (Wildman–Crippen MR) is 95.4 cm³/mol. The largest absolute Gasteiger partial charge is 0.488 e. The molecule has 1 atom stereocenters. The van der Waals surface area contributed by atoms with Crippen molar-refractivity contribution in [3.8, 4) is 5.75 Å². The van der Waals surface area contributed by atoms with Crippen molar-refractivity contribution in [3.63, 3.8) is 0 Å². The highest BCUT2D eigenvalue weighted by molar-refractivity contribution is 5.96. The summed E-state index contributed by atoms with van der Waals surface area (Å²) in [4.78, 5) is 14.7. The quantitative estimate of drug-likeness (QED) is 0.717. The zero-order valence-electron chi connectivity index (χ0n) is 14.5. The lowest BCUT2D eigenvalue weighted by Crippen LogP contribution is -2.45. The molecule has 1 aromatic carbocycles. The van der Waals surface area contributed by atoms with Gasteiger partial charge in [0.2, 0.25) is 0 Å². The predicted octanol–water partition coefficient (Wildman–Crippen LogP) is 2.22. The molecular formula is C19H28N2O3. The Kier molecular flexibility index (Phi) is 7.28. The molecule has 1 amide bonds. The highest BCUT2D eigenvalue weighted by atomic mass is 16.5. The number of ether oxygens (including phenoxy) is 1. The van der Waals surface area contributed by atoms with E-state index >= 15 is 0 Å². The molecule has 0 aliphatic carbocycles. The number of nitrogens with zero attached hydrogens (tertiary/aromatic N) is 1. The van der Waals surface area contributed by atoms with Gasteiger partial charge in [-0.1, -0.05) is 25.1 Å². The van der Waals surface area contributed by atoms with E-state index in [9.17, 15) is 9.90 Å². The fourth-order valence-corrected chi connectivity index (χ4v) is 2.95. The first-order chi connectivity index (χ1) is 11.6. The first kappa shape index (κ1) is 18.5. The van der Waals surface area contributed by atoms with E-state index < -0.39 is 0 Å². The van der Waals surface area contributed by atoms with Gasteiger partial charge < -0.3 is 15.2 Å². The van der Waals surface area contributed by atoms with Crippen LogP contribution in [-0.2, 0) is 0 Å². The smallest absolute Gasteiger partial charge is 0.255 e. The minimum Gasteiger partial charge on any atom is -0.488 e. The van der Waals surface area contributed by atoms with Crippen LogP contribution in [0, 0.1) is 0 Å². The standard InChI is InChI=1S/C19H28N2O3/c1-15(2)14-24-18-9-4-3-8-17(18)19(23)20-10-12-21-11-6-5-7-16(21)13-22/h3-4,8-9,16,22H,1,5-7,10-14H2,2H3,(H,20,23). The molecule has 2 N–H and O–H groups in total. The summed E-state index contributed by atoms with van der Waals surface area (Å²) in [5, 5.41) is 12.4. The Balaban J connectivity index is 1.87. The van der Waals surface area contributed by atoms with Gasteiger partial charge in [-0.2, -0.15) is 0 Å². The van der Waals surface area contributed by atoms with Crippen molar-refractivity contribution >= 4 is 5.91 Å². The zero-order valence-corrected chi connectivity index (χ0v) is 14.5. The van der Waals surface area contributed by atoms with Crippen LogP contribution >= 0.6 is 0 Å². The molecule has 0 spiro atoms. The highest BCUT2D eigenvalue weighted by Gasteiger charge is 2.21. The molecule has 24 heavy (non-hydrogen) atoms. The molecule has 1 aromatic rings. The number of hydrogen-bond acceptors (Lipinski definition) is 4. The van der Waals surface area contributed by atoms with Gasteiger partial charge in [0.15, 0.2) is 0 Å². The van der Waals surface area contributed by atoms with Gasteiger partial charge in [0, 0.05) is 19.1 Å². The summed E-state index contributed by atoms with van der Waals surface area (Å²) >= 11 is 0. The Labute approximate surface area is 144 Å². The minimum absolute atomic E-state index is 0.134. The van der Waals surface area contributed by atoms with E-state index in [2.05, 4.69) is 16.8 Å². The Morgan fingerprint density at radius 3 is 2.96 bits per heavy atom. The SMILES string of the molecule is C=C(C)COc1ccccc1C(=O)NCCN1CCCCC1CO. The molecular weight excluding hydrogens is 304 g/mol. The number of carbonyl (C=O) groups excluding carboxylic acids is 1. The number of piperidine rings is 1. The van der Waals surface area contributed by atoms with Crippen molar-refractivity contribution in [1.82, 2.24) is 10.2 Å². The van der Waals surface area contributed by atoms with E-state index in [1.54, 1.807) is 12.1 Å². The fraction of sp³-hybridized carbons (Fsp3) is 0.526. The van der Waals surface area contributed by atoms with Gasteiger partial charge in [0.25, 0.3) is 5.91 Å². The number of para-hydroxylation sites is 1. The third kappa shape index (κ3) is 5.35. The summed E-state index contributed by atoms with van der Waals surface area (Å²) in [5.41, 5.74) is 1.45. The van der Waals surface area contributed by atoms with Crippen LogP contribution in [0.4, 0.5) is 0 Å². The van der Waals surface area contributed by atoms with Crippen LogP contribution in [0.15, 0.2) is 36.4 Å². The van der Waals surface area contributed by atoms with Gasteiger partial charge in [0.05, 0.1) is 12.2 Å². The van der Waals surface area contributed by atoms with E-state index in [1.165, 1.54) is 6.42 Å². The van der Waals surface area contributed by atoms with Crippen molar-refractivity contribution in [3.05, 3.63) is 42.0 Å². The number of carbonyl (C=O) groups is 1. The Bertz CT molecular complexity index is 559. The molecule has 2 rings (SSSR count). The van der Waals surface area contributed by atoms with Gasteiger partial charge in [-0.3, -0.25) is 9.69 Å². The van der Waals surface area contributed by atoms with Crippen LogP contribution < -0.4 is 10.1 Å². The van der Waals surface area contributed by atoms with Crippen molar-refractivity contribution in [2.24, 2.45) is 0 Å². The maximum absolute atomic E-state index is 12.4. The number of rotatable bonds is 8. The average Bonchev–Trinajstić information content (AvgIpc) is 2.60. The van der Waals surface area contributed by atoms with Crippen LogP contribution in [0.2, 0.25) is 0 Å². The Morgan fingerprint density at radius 2 is 2.21 bits per heavy atom. The van der Waals surface area contributed by atoms with E-state index in [4.69, 9.17) is 4.74 Å². The molecule has 1 saturated heterocycles. The lowest BCUT2D eigenvalue weighted by molar-refractivity contribution is 0.0847. The van der Waals surface area contributed by atoms with Gasteiger partial charge in [0.1, 0.15) is 12.4 Å². The summed E-state index contributed by atoms with van der Waals surface area (Å²) in [6.07, 6.45) is 3.35. The van der Waals surface area contributed by atoms with Crippen LogP contribution in [0.1, 0.15) is 36.5 Å². The molecule has 1 aliphatic rings. The molecule has 0 aromatic heterocycles. The molecule has 5 heteroatoms. The first-order valence-electron chi connectivity index (χ1n) is 8.61. The molecule has 0 saturated carbocycles. The fourth-order valence-electron chi connectivity index (χ4n) is 2.95. The van der Waals surface area contributed by atoms with Crippen LogP contribution in [0.3, 0.4) is 0 Å². The number of amides is 1. The lowest BCUT2D eigenvalue weighted by Gasteiger charge is -2.34. The number of hydrogen-bond donors (Lipinski definition) is 2. The summed E-state index contributed by atoms with van der Waals surface area (Å²) in [6.45, 7) is 8.58. The first-order valence-corrected chi connectivity index (χ1v) is 8.61. The molecule has 1 aliphatic heterocycles. The lowest BCUT2D eigenvalue weighted by atomic mass is 10.0. The van der Waals surface area contributed by atoms with E-state index in [0.29, 0.717) is 24.5 Å². The van der Waals surface area contributed by atoms with Gasteiger partial charge in [-0.05, 0) is 44.0 Å². The van der Waals surface area contributed by atoms with E-state index in [-0.39, 0.29) is 18.6 Å². The van der Waals surface area contributed by atoms with Gasteiger partial charge >= 0.3 is 0 Å². The third-order valence-corrected chi connectivity index (χ3v) is 4.25. The number of aliphatic hydroxyl groups is 1. The molecule has 1 heterocycles. The van der Waals surface area contributed by atoms with Crippen molar-refractivity contribution in [1.29, 1.82) is 0 Å². The van der Waals surface area contributed by atoms with Crippen molar-refractivity contribution in [2.75, 3.05) is 32.8 Å². The minimum atomic E-state index is -0.134. The van der Waals surface area contributed by atoms with Crippen LogP contribution in [-0.4, -0.2) is 54.8 Å². The van der Waals surface area contributed by atoms with Crippen molar-refractivity contribution in [2.45, 2.75) is 32.2 Å². The molecule has 0 bridgehead atoms. The highest BCUT2D eigenvalue weighted by Crippen LogP contribution is 2.19. The number of likely N-dealkylation sites (tertiary alicyclic amines) is 1. The molecule has 5 nitrogen and oxygen atoms in total. The molecule has 132 valence electrons. The molecule has 1 fully saturated rings. The van der Waals surface area contributed by atoms with Gasteiger partial charge in [-0.15, -0.1) is 0 Å². The van der Waals surface area contributed by atoms with E-state index in [0.717, 1.165) is 31.5 Å². The number of aliphatic hydroxyl groups excluding tert-OH is 1. The summed E-state index contributed by atoms with van der Waals surface area (Å²) in [5.74, 6) is 0.439. The van der Waals surface area contributed by atoms with Crippen LogP contribution in [0.25, 0.3) is 0 Å². The normalized spacial score (nSPS) is 18.2. The second-order valence-corrected chi connectivity index (χ2v) is 6.37. The molecule has 1 unspecified atom stereocenters. The zero-order chi connectivity index (χ0) is 17.4. The van der Waals surface area contributed by atoms with E-state index in [1.807, 2.05) is 19.1 Å². The number of nitrogens with one attached hydrogen (secondary N) is 1. The Morgan fingerprint density at radius 1 is 1.42 bits per heavy atom. The van der Waals surface area contributed by atoms with Crippen molar-refractivity contribution < 1.29 is 14.6 Å². The molecule has 0 radical (unpaired) electrons. The topological polar surface area (TPSA) is 61.8 Å².